The molecular formula is C12H19N5S2. The minimum Gasteiger partial charge on any atom is -0.358 e. The van der Waals surface area contributed by atoms with Crippen molar-refractivity contribution < 1.29 is 0 Å². The number of hydrogen-bond donors (Lipinski definition) is 1. The predicted octanol–water partition coefficient (Wildman–Crippen LogP) is 2.93. The highest BCUT2D eigenvalue weighted by Gasteiger charge is 2.11. The summed E-state index contributed by atoms with van der Waals surface area (Å²) >= 11 is 3.23. The molecule has 2 aromatic heterocycles. The lowest BCUT2D eigenvalue weighted by Crippen LogP contribution is -2.12. The van der Waals surface area contributed by atoms with Gasteiger partial charge < -0.3 is 10.2 Å². The molecule has 2 heterocycles. The smallest absolute Gasteiger partial charge is 0.206 e. The second-order valence-corrected chi connectivity index (χ2v) is 6.65. The van der Waals surface area contributed by atoms with Crippen molar-refractivity contribution in [2.45, 2.75) is 32.9 Å². The monoisotopic (exact) mass is 297 g/mol. The summed E-state index contributed by atoms with van der Waals surface area (Å²) in [5, 5.41) is 16.6. The molecule has 0 saturated heterocycles. The van der Waals surface area contributed by atoms with Crippen LogP contribution in [0.3, 0.4) is 0 Å². The maximum absolute atomic E-state index is 4.59. The van der Waals surface area contributed by atoms with Crippen molar-refractivity contribution in [3.8, 4) is 10.7 Å². The van der Waals surface area contributed by atoms with Crippen LogP contribution < -0.4 is 5.32 Å². The standard InChI is InChI=1S/C12H19N5S2/c1-5-8(2)13-12-16-15-11(19-12)9-7-18-10(14-9)6-17(3)4/h7-8H,5-6H2,1-4H3,(H,13,16). The molecule has 0 aromatic carbocycles. The Bertz CT molecular complexity index is 520. The van der Waals surface area contributed by atoms with Crippen molar-refractivity contribution in [1.29, 1.82) is 0 Å². The minimum atomic E-state index is 0.417. The number of nitrogens with one attached hydrogen (secondary N) is 1. The summed E-state index contributed by atoms with van der Waals surface area (Å²) in [6, 6.07) is 0.417. The van der Waals surface area contributed by atoms with Crippen LogP contribution in [-0.4, -0.2) is 40.2 Å². The lowest BCUT2D eigenvalue weighted by atomic mass is 10.3. The van der Waals surface area contributed by atoms with E-state index in [1.165, 1.54) is 0 Å². The Morgan fingerprint density at radius 2 is 2.16 bits per heavy atom. The van der Waals surface area contributed by atoms with E-state index in [9.17, 15) is 0 Å². The second-order valence-electron chi connectivity index (χ2n) is 4.73. The number of aromatic nitrogens is 3. The third-order valence-corrected chi connectivity index (χ3v) is 4.34. The summed E-state index contributed by atoms with van der Waals surface area (Å²) in [6.45, 7) is 5.15. The maximum atomic E-state index is 4.59. The van der Waals surface area contributed by atoms with Crippen molar-refractivity contribution in [3.63, 3.8) is 0 Å². The summed E-state index contributed by atoms with van der Waals surface area (Å²) in [5.74, 6) is 0. The number of nitrogens with zero attached hydrogens (tertiary/aromatic N) is 4. The molecule has 0 aliphatic rings. The number of rotatable bonds is 6. The Hall–Kier alpha value is -1.05. The van der Waals surface area contributed by atoms with Crippen molar-refractivity contribution in [1.82, 2.24) is 20.1 Å². The van der Waals surface area contributed by atoms with E-state index < -0.39 is 0 Å². The Morgan fingerprint density at radius 1 is 1.37 bits per heavy atom. The second kappa shape index (κ2) is 6.40. The topological polar surface area (TPSA) is 53.9 Å². The van der Waals surface area contributed by atoms with Gasteiger partial charge in [-0.1, -0.05) is 18.3 Å². The van der Waals surface area contributed by atoms with E-state index >= 15 is 0 Å². The molecule has 0 fully saturated rings. The van der Waals surface area contributed by atoms with E-state index in [1.807, 2.05) is 19.5 Å². The highest BCUT2D eigenvalue weighted by Crippen LogP contribution is 2.28. The molecule has 0 radical (unpaired) electrons. The molecule has 0 saturated carbocycles. The van der Waals surface area contributed by atoms with E-state index in [1.54, 1.807) is 22.7 Å². The first kappa shape index (κ1) is 14.4. The first-order chi connectivity index (χ1) is 9.08. The zero-order valence-electron chi connectivity index (χ0n) is 11.7. The third kappa shape index (κ3) is 3.95. The fraction of sp³-hybridized carbons (Fsp3) is 0.583. The number of hydrogen-bond acceptors (Lipinski definition) is 7. The largest absolute Gasteiger partial charge is 0.358 e. The van der Waals surface area contributed by atoms with E-state index in [0.29, 0.717) is 6.04 Å². The summed E-state index contributed by atoms with van der Waals surface area (Å²) in [4.78, 5) is 6.70. The molecule has 1 atom stereocenters. The Labute approximate surface area is 121 Å². The maximum Gasteiger partial charge on any atom is 0.206 e. The van der Waals surface area contributed by atoms with Gasteiger partial charge in [0.15, 0.2) is 5.01 Å². The fourth-order valence-electron chi connectivity index (χ4n) is 1.45. The highest BCUT2D eigenvalue weighted by molar-refractivity contribution is 7.18. The molecule has 2 rings (SSSR count). The molecule has 7 heteroatoms. The van der Waals surface area contributed by atoms with Crippen LogP contribution in [0.1, 0.15) is 25.3 Å². The van der Waals surface area contributed by atoms with Crippen LogP contribution in [-0.2, 0) is 6.54 Å². The van der Waals surface area contributed by atoms with Gasteiger partial charge in [0.1, 0.15) is 10.7 Å². The lowest BCUT2D eigenvalue weighted by molar-refractivity contribution is 0.402. The van der Waals surface area contributed by atoms with Crippen LogP contribution in [0.4, 0.5) is 5.13 Å². The van der Waals surface area contributed by atoms with Gasteiger partial charge in [0.05, 0.1) is 0 Å². The Morgan fingerprint density at radius 3 is 2.84 bits per heavy atom. The number of anilines is 1. The first-order valence-corrected chi connectivity index (χ1v) is 7.97. The fourth-order valence-corrected chi connectivity index (χ4v) is 3.24. The van der Waals surface area contributed by atoms with Gasteiger partial charge in [0, 0.05) is 18.0 Å². The van der Waals surface area contributed by atoms with Crippen molar-refractivity contribution in [3.05, 3.63) is 10.4 Å². The molecule has 0 aliphatic carbocycles. The van der Waals surface area contributed by atoms with Gasteiger partial charge >= 0.3 is 0 Å². The molecule has 104 valence electrons. The van der Waals surface area contributed by atoms with E-state index in [2.05, 4.69) is 39.2 Å². The summed E-state index contributed by atoms with van der Waals surface area (Å²) in [6.07, 6.45) is 1.07. The molecule has 19 heavy (non-hydrogen) atoms. The number of thiazole rings is 1. The summed E-state index contributed by atoms with van der Waals surface area (Å²) in [5.41, 5.74) is 0.927. The van der Waals surface area contributed by atoms with Crippen molar-refractivity contribution in [2.24, 2.45) is 0 Å². The highest BCUT2D eigenvalue weighted by atomic mass is 32.1. The average molecular weight is 297 g/mol. The van der Waals surface area contributed by atoms with E-state index in [-0.39, 0.29) is 0 Å². The van der Waals surface area contributed by atoms with Crippen LogP contribution in [0.5, 0.6) is 0 Å². The van der Waals surface area contributed by atoms with Gasteiger partial charge in [0.2, 0.25) is 5.13 Å². The average Bonchev–Trinajstić information content (AvgIpc) is 2.97. The SMILES string of the molecule is CCC(C)Nc1nnc(-c2csc(CN(C)C)n2)s1. The van der Waals surface area contributed by atoms with Crippen molar-refractivity contribution in [2.75, 3.05) is 19.4 Å². The zero-order chi connectivity index (χ0) is 13.8. The summed E-state index contributed by atoms with van der Waals surface area (Å²) < 4.78 is 0. The molecule has 5 nitrogen and oxygen atoms in total. The van der Waals surface area contributed by atoms with Gasteiger partial charge in [-0.3, -0.25) is 0 Å². The van der Waals surface area contributed by atoms with Gasteiger partial charge in [-0.2, -0.15) is 0 Å². The van der Waals surface area contributed by atoms with Gasteiger partial charge in [-0.05, 0) is 27.4 Å². The molecule has 2 aromatic rings. The normalized spacial score (nSPS) is 12.9. The van der Waals surface area contributed by atoms with E-state index in [0.717, 1.165) is 33.8 Å². The van der Waals surface area contributed by atoms with Crippen LogP contribution in [0, 0.1) is 0 Å². The Kier molecular flexibility index (Phi) is 4.84. The van der Waals surface area contributed by atoms with E-state index in [4.69, 9.17) is 0 Å². The molecule has 1 unspecified atom stereocenters. The molecule has 1 N–H and O–H groups in total. The Balaban J connectivity index is 2.07. The van der Waals surface area contributed by atoms with Crippen LogP contribution in [0.2, 0.25) is 0 Å². The molecule has 0 amide bonds. The lowest BCUT2D eigenvalue weighted by Gasteiger charge is -2.07. The van der Waals surface area contributed by atoms with Gasteiger partial charge in [0.25, 0.3) is 0 Å². The molecule has 0 bridgehead atoms. The van der Waals surface area contributed by atoms with Crippen molar-refractivity contribution >= 4 is 27.8 Å². The first-order valence-electron chi connectivity index (χ1n) is 6.28. The van der Waals surface area contributed by atoms with Gasteiger partial charge in [-0.15, -0.1) is 21.5 Å². The predicted molar refractivity (Wildman–Crippen MR) is 81.8 cm³/mol. The third-order valence-electron chi connectivity index (χ3n) is 2.63. The molecular weight excluding hydrogens is 278 g/mol. The zero-order valence-corrected chi connectivity index (χ0v) is 13.3. The summed E-state index contributed by atoms with van der Waals surface area (Å²) in [7, 11) is 4.08. The minimum absolute atomic E-state index is 0.417. The quantitative estimate of drug-likeness (QED) is 0.888. The molecule has 0 spiro atoms. The van der Waals surface area contributed by atoms with Crippen LogP contribution >= 0.6 is 22.7 Å². The van der Waals surface area contributed by atoms with Crippen LogP contribution in [0.25, 0.3) is 10.7 Å². The van der Waals surface area contributed by atoms with Crippen LogP contribution in [0.15, 0.2) is 5.38 Å². The molecule has 0 aliphatic heterocycles. The van der Waals surface area contributed by atoms with Gasteiger partial charge in [-0.25, -0.2) is 4.98 Å².